The number of rotatable bonds is 6. The second-order valence-corrected chi connectivity index (χ2v) is 5.78. The molecule has 0 aromatic carbocycles. The van der Waals surface area contributed by atoms with Gasteiger partial charge < -0.3 is 10.6 Å². The number of hydrogen-bond donors (Lipinski definition) is 2. The first kappa shape index (κ1) is 14.7. The zero-order valence-electron chi connectivity index (χ0n) is 10.7. The van der Waals surface area contributed by atoms with E-state index in [4.69, 9.17) is 0 Å². The normalized spacial score (nSPS) is 10.3. The minimum absolute atomic E-state index is 0.0173. The second-order valence-electron chi connectivity index (χ2n) is 3.93. The Hall–Kier alpha value is -1.67. The van der Waals surface area contributed by atoms with E-state index in [1.165, 1.54) is 12.1 Å². The van der Waals surface area contributed by atoms with Crippen LogP contribution in [0.1, 0.15) is 11.8 Å². The van der Waals surface area contributed by atoms with Gasteiger partial charge in [-0.2, -0.15) is 0 Å². The minimum Gasteiger partial charge on any atom is -0.370 e. The molecule has 0 aliphatic rings. The molecule has 0 atom stereocenters. The Bertz CT molecular complexity index is 617. The third-order valence-corrected chi connectivity index (χ3v) is 4.43. The summed E-state index contributed by atoms with van der Waals surface area (Å²) < 4.78 is 1.02. The van der Waals surface area contributed by atoms with Crippen LogP contribution in [0.25, 0.3) is 0 Å². The van der Waals surface area contributed by atoms with Gasteiger partial charge in [0, 0.05) is 15.9 Å². The third kappa shape index (κ3) is 3.67. The molecule has 0 radical (unpaired) electrons. The Morgan fingerprint density at radius 2 is 2.10 bits per heavy atom. The average Bonchev–Trinajstić information content (AvgIpc) is 2.82. The molecule has 0 bridgehead atoms. The van der Waals surface area contributed by atoms with Gasteiger partial charge in [0.15, 0.2) is 0 Å². The Balaban J connectivity index is 2.17. The molecule has 6 nitrogen and oxygen atoms in total. The van der Waals surface area contributed by atoms with E-state index in [1.54, 1.807) is 11.3 Å². The van der Waals surface area contributed by atoms with Crippen LogP contribution in [-0.2, 0) is 6.54 Å². The monoisotopic (exact) mass is 356 g/mol. The lowest BCUT2D eigenvalue weighted by Crippen LogP contribution is -2.05. The quantitative estimate of drug-likeness (QED) is 0.606. The third-order valence-electron chi connectivity index (χ3n) is 2.50. The summed E-state index contributed by atoms with van der Waals surface area (Å²) in [6.07, 6.45) is 0. The van der Waals surface area contributed by atoms with Crippen molar-refractivity contribution < 1.29 is 4.92 Å². The van der Waals surface area contributed by atoms with Gasteiger partial charge in [-0.1, -0.05) is 0 Å². The summed E-state index contributed by atoms with van der Waals surface area (Å²) in [5, 5.41) is 19.0. The van der Waals surface area contributed by atoms with Gasteiger partial charge in [0.2, 0.25) is 0 Å². The van der Waals surface area contributed by atoms with Gasteiger partial charge in [-0.25, -0.2) is 4.98 Å². The van der Waals surface area contributed by atoms with Crippen LogP contribution in [0.3, 0.4) is 0 Å². The van der Waals surface area contributed by atoms with Crippen molar-refractivity contribution in [3.05, 3.63) is 43.0 Å². The van der Waals surface area contributed by atoms with E-state index in [2.05, 4.69) is 31.5 Å². The molecule has 8 heteroatoms. The van der Waals surface area contributed by atoms with Gasteiger partial charge in [0.25, 0.3) is 5.69 Å². The highest BCUT2D eigenvalue weighted by Gasteiger charge is 2.11. The Labute approximate surface area is 128 Å². The maximum absolute atomic E-state index is 10.9. The van der Waals surface area contributed by atoms with Crippen molar-refractivity contribution in [2.45, 2.75) is 13.5 Å². The lowest BCUT2D eigenvalue weighted by molar-refractivity contribution is -0.384. The summed E-state index contributed by atoms with van der Waals surface area (Å²) in [5.74, 6) is 0.977. The average molecular weight is 357 g/mol. The maximum Gasteiger partial charge on any atom is 0.276 e. The Kier molecular flexibility index (Phi) is 4.91. The van der Waals surface area contributed by atoms with E-state index in [1.807, 2.05) is 18.4 Å². The molecule has 0 aliphatic carbocycles. The zero-order chi connectivity index (χ0) is 14.5. The molecule has 2 aromatic heterocycles. The molecule has 0 amide bonds. The fourth-order valence-corrected chi connectivity index (χ4v) is 3.04. The van der Waals surface area contributed by atoms with Gasteiger partial charge in [0.05, 0.1) is 23.6 Å². The number of anilines is 2. The SMILES string of the molecule is CCNc1cc([N+](=O)[O-])cc(NCc2sccc2Br)n1. The van der Waals surface area contributed by atoms with Gasteiger partial charge >= 0.3 is 0 Å². The van der Waals surface area contributed by atoms with Crippen molar-refractivity contribution in [1.82, 2.24) is 4.98 Å². The summed E-state index contributed by atoms with van der Waals surface area (Å²) in [5.41, 5.74) is 0.0173. The maximum atomic E-state index is 10.9. The highest BCUT2D eigenvalue weighted by Crippen LogP contribution is 2.25. The van der Waals surface area contributed by atoms with Gasteiger partial charge in [-0.3, -0.25) is 10.1 Å². The fraction of sp³-hybridized carbons (Fsp3) is 0.250. The number of halogens is 1. The molecule has 2 heterocycles. The van der Waals surface area contributed by atoms with Crippen molar-refractivity contribution in [3.63, 3.8) is 0 Å². The number of nitro groups is 1. The number of hydrogen-bond acceptors (Lipinski definition) is 6. The van der Waals surface area contributed by atoms with E-state index >= 15 is 0 Å². The number of pyridine rings is 1. The Morgan fingerprint density at radius 1 is 1.40 bits per heavy atom. The lowest BCUT2D eigenvalue weighted by atomic mass is 10.3. The van der Waals surface area contributed by atoms with Gasteiger partial charge in [-0.05, 0) is 34.3 Å². The highest BCUT2D eigenvalue weighted by atomic mass is 79.9. The fourth-order valence-electron chi connectivity index (χ4n) is 1.61. The molecule has 2 aromatic rings. The largest absolute Gasteiger partial charge is 0.370 e. The van der Waals surface area contributed by atoms with Crippen LogP contribution in [0.5, 0.6) is 0 Å². The summed E-state index contributed by atoms with van der Waals surface area (Å²) in [4.78, 5) is 15.9. The van der Waals surface area contributed by atoms with Gasteiger partial charge in [0.1, 0.15) is 11.6 Å². The number of thiophene rings is 1. The molecule has 2 N–H and O–H groups in total. The first-order valence-corrected chi connectivity index (χ1v) is 7.63. The van der Waals surface area contributed by atoms with E-state index < -0.39 is 4.92 Å². The predicted octanol–water partition coefficient (Wildman–Crippen LogP) is 3.86. The van der Waals surface area contributed by atoms with Crippen LogP contribution in [-0.4, -0.2) is 16.5 Å². The van der Waals surface area contributed by atoms with Crippen LogP contribution < -0.4 is 10.6 Å². The van der Waals surface area contributed by atoms with E-state index in [0.717, 1.165) is 9.35 Å². The molecular weight excluding hydrogens is 344 g/mol. The molecule has 2 rings (SSSR count). The van der Waals surface area contributed by atoms with E-state index in [9.17, 15) is 10.1 Å². The summed E-state index contributed by atoms with van der Waals surface area (Å²) in [7, 11) is 0. The van der Waals surface area contributed by atoms with Crippen LogP contribution in [0.15, 0.2) is 28.1 Å². The molecule has 0 fully saturated rings. The van der Waals surface area contributed by atoms with Crippen molar-refractivity contribution >= 4 is 44.6 Å². The van der Waals surface area contributed by atoms with Crippen molar-refractivity contribution in [3.8, 4) is 0 Å². The highest BCUT2D eigenvalue weighted by molar-refractivity contribution is 9.10. The topological polar surface area (TPSA) is 80.1 Å². The predicted molar refractivity (Wildman–Crippen MR) is 84.4 cm³/mol. The number of nitrogens with zero attached hydrogens (tertiary/aromatic N) is 2. The minimum atomic E-state index is -0.422. The van der Waals surface area contributed by atoms with E-state index in [0.29, 0.717) is 24.7 Å². The molecule has 0 aliphatic heterocycles. The molecule has 0 unspecified atom stereocenters. The van der Waals surface area contributed by atoms with Crippen LogP contribution >= 0.6 is 27.3 Å². The smallest absolute Gasteiger partial charge is 0.276 e. The van der Waals surface area contributed by atoms with Crippen LogP contribution in [0, 0.1) is 10.1 Å². The molecular formula is C12H13BrN4O2S. The number of nitrogens with one attached hydrogen (secondary N) is 2. The van der Waals surface area contributed by atoms with Crippen molar-refractivity contribution in [2.75, 3.05) is 17.2 Å². The van der Waals surface area contributed by atoms with Crippen molar-refractivity contribution in [1.29, 1.82) is 0 Å². The Morgan fingerprint density at radius 3 is 2.65 bits per heavy atom. The number of aromatic nitrogens is 1. The first-order chi connectivity index (χ1) is 9.60. The van der Waals surface area contributed by atoms with Crippen LogP contribution in [0.2, 0.25) is 0 Å². The van der Waals surface area contributed by atoms with E-state index in [-0.39, 0.29) is 5.69 Å². The zero-order valence-corrected chi connectivity index (χ0v) is 13.1. The standard InChI is InChI=1S/C12H13BrN4O2S/c1-2-14-11-5-8(17(18)19)6-12(16-11)15-7-10-9(13)3-4-20-10/h3-6H,2,7H2,1H3,(H2,14,15,16). The first-order valence-electron chi connectivity index (χ1n) is 5.96. The second kappa shape index (κ2) is 6.67. The molecule has 0 saturated heterocycles. The summed E-state index contributed by atoms with van der Waals surface area (Å²) in [6, 6.07) is 4.82. The molecule has 106 valence electrons. The molecule has 0 spiro atoms. The lowest BCUT2D eigenvalue weighted by Gasteiger charge is -2.08. The van der Waals surface area contributed by atoms with Crippen LogP contribution in [0.4, 0.5) is 17.3 Å². The molecule has 0 saturated carbocycles. The summed E-state index contributed by atoms with van der Waals surface area (Å²) >= 11 is 5.05. The van der Waals surface area contributed by atoms with Gasteiger partial charge in [-0.15, -0.1) is 11.3 Å². The van der Waals surface area contributed by atoms with Crippen molar-refractivity contribution in [2.24, 2.45) is 0 Å². The molecule has 20 heavy (non-hydrogen) atoms. The summed E-state index contributed by atoms with van der Waals surface area (Å²) in [6.45, 7) is 3.14.